The second kappa shape index (κ2) is 8.06. The van der Waals surface area contributed by atoms with Gasteiger partial charge in [-0.2, -0.15) is 0 Å². The molecular weight excluding hydrogens is 356 g/mol. The summed E-state index contributed by atoms with van der Waals surface area (Å²) in [5.41, 5.74) is 0.878. The molecule has 5 nitrogen and oxygen atoms in total. The topological polar surface area (TPSA) is 65.7 Å². The highest BCUT2D eigenvalue weighted by molar-refractivity contribution is 6.32. The van der Waals surface area contributed by atoms with Gasteiger partial charge in [-0.3, -0.25) is 0 Å². The van der Waals surface area contributed by atoms with Crippen LogP contribution in [0.4, 0.5) is 0 Å². The molecular formula is C20H17ClO5. The molecule has 134 valence electrons. The van der Waals surface area contributed by atoms with E-state index in [1.54, 1.807) is 36.4 Å². The maximum absolute atomic E-state index is 12.0. The Hall–Kier alpha value is -2.79. The summed E-state index contributed by atoms with van der Waals surface area (Å²) in [7, 11) is 0. The molecule has 0 saturated heterocycles. The van der Waals surface area contributed by atoms with E-state index in [0.29, 0.717) is 16.4 Å². The van der Waals surface area contributed by atoms with E-state index in [1.807, 2.05) is 6.92 Å². The summed E-state index contributed by atoms with van der Waals surface area (Å²) < 4.78 is 15.8. The molecule has 3 aromatic rings. The van der Waals surface area contributed by atoms with Gasteiger partial charge in [-0.1, -0.05) is 37.1 Å². The van der Waals surface area contributed by atoms with Crippen molar-refractivity contribution in [2.24, 2.45) is 0 Å². The Balaban J connectivity index is 1.73. The van der Waals surface area contributed by atoms with Gasteiger partial charge in [0, 0.05) is 17.5 Å². The van der Waals surface area contributed by atoms with Crippen molar-refractivity contribution in [3.63, 3.8) is 0 Å². The highest BCUT2D eigenvalue weighted by Gasteiger charge is 2.11. The molecule has 26 heavy (non-hydrogen) atoms. The smallest absolute Gasteiger partial charge is 0.349 e. The number of ether oxygens (including phenoxy) is 2. The minimum absolute atomic E-state index is 0.280. The van der Waals surface area contributed by atoms with Crippen LogP contribution >= 0.6 is 11.6 Å². The van der Waals surface area contributed by atoms with Gasteiger partial charge in [-0.25, -0.2) is 9.59 Å². The van der Waals surface area contributed by atoms with E-state index < -0.39 is 11.6 Å². The number of fused-ring (bicyclic) bond motifs is 1. The van der Waals surface area contributed by atoms with Crippen molar-refractivity contribution in [2.45, 2.75) is 19.8 Å². The molecule has 0 aliphatic carbocycles. The van der Waals surface area contributed by atoms with Gasteiger partial charge in [0.15, 0.2) is 6.61 Å². The number of benzene rings is 2. The summed E-state index contributed by atoms with van der Waals surface area (Å²) in [6, 6.07) is 13.3. The third kappa shape index (κ3) is 4.24. The molecule has 0 amide bonds. The van der Waals surface area contributed by atoms with Crippen molar-refractivity contribution in [1.82, 2.24) is 0 Å². The van der Waals surface area contributed by atoms with E-state index in [2.05, 4.69) is 0 Å². The first-order valence-corrected chi connectivity index (χ1v) is 8.59. The average Bonchev–Trinajstić information content (AvgIpc) is 2.61. The lowest BCUT2D eigenvalue weighted by Gasteiger charge is -2.09. The second-order valence-electron chi connectivity index (χ2n) is 5.69. The Morgan fingerprint density at radius 1 is 1.15 bits per heavy atom. The van der Waals surface area contributed by atoms with Crippen molar-refractivity contribution in [2.75, 3.05) is 6.61 Å². The minimum Gasteiger partial charge on any atom is -0.480 e. The van der Waals surface area contributed by atoms with Crippen LogP contribution in [-0.2, 0) is 11.2 Å². The van der Waals surface area contributed by atoms with Crippen LogP contribution in [0.1, 0.15) is 18.9 Å². The Labute approximate surface area is 155 Å². The maximum Gasteiger partial charge on any atom is 0.349 e. The molecule has 0 aliphatic heterocycles. The van der Waals surface area contributed by atoms with Crippen molar-refractivity contribution in [1.29, 1.82) is 0 Å². The largest absolute Gasteiger partial charge is 0.480 e. The number of carbonyl (C=O) groups excluding carboxylic acids is 1. The summed E-state index contributed by atoms with van der Waals surface area (Å²) >= 11 is 5.97. The number of halogens is 1. The molecule has 0 N–H and O–H groups in total. The normalized spacial score (nSPS) is 10.7. The number of para-hydroxylation sites is 1. The van der Waals surface area contributed by atoms with Crippen LogP contribution in [0.25, 0.3) is 11.0 Å². The second-order valence-corrected chi connectivity index (χ2v) is 6.10. The van der Waals surface area contributed by atoms with Gasteiger partial charge in [-0.05, 0) is 36.2 Å². The van der Waals surface area contributed by atoms with Gasteiger partial charge in [0.05, 0.1) is 5.02 Å². The lowest BCUT2D eigenvalue weighted by molar-refractivity contribution is -0.136. The quantitative estimate of drug-likeness (QED) is 0.365. The summed E-state index contributed by atoms with van der Waals surface area (Å²) in [6.45, 7) is 1.75. The summed E-state index contributed by atoms with van der Waals surface area (Å²) in [4.78, 5) is 23.7. The minimum atomic E-state index is -0.587. The van der Waals surface area contributed by atoms with Crippen molar-refractivity contribution >= 4 is 28.5 Å². The lowest BCUT2D eigenvalue weighted by atomic mass is 10.1. The molecule has 6 heteroatoms. The Morgan fingerprint density at radius 3 is 2.73 bits per heavy atom. The third-order valence-electron chi connectivity index (χ3n) is 3.73. The number of carbonyl (C=O) groups is 1. The van der Waals surface area contributed by atoms with E-state index >= 15 is 0 Å². The molecule has 3 rings (SSSR count). The molecule has 0 bridgehead atoms. The molecule has 1 aromatic heterocycles. The van der Waals surface area contributed by atoms with Gasteiger partial charge in [-0.15, -0.1) is 0 Å². The zero-order chi connectivity index (χ0) is 18.5. The molecule has 0 atom stereocenters. The summed E-state index contributed by atoms with van der Waals surface area (Å²) in [5.74, 6) is 0.0956. The molecule has 0 fully saturated rings. The number of esters is 1. The van der Waals surface area contributed by atoms with Crippen LogP contribution in [0.5, 0.6) is 11.5 Å². The van der Waals surface area contributed by atoms with Crippen molar-refractivity contribution in [3.05, 3.63) is 69.5 Å². The first kappa shape index (κ1) is 18.0. The van der Waals surface area contributed by atoms with Gasteiger partial charge < -0.3 is 13.9 Å². The van der Waals surface area contributed by atoms with Gasteiger partial charge in [0.2, 0.25) is 0 Å². The standard InChI is InChI=1S/C20H17ClO5/c1-2-5-13-10-19(22)26-18-11-14(8-9-15(13)18)25-20(23)12-24-17-7-4-3-6-16(17)21/h3-4,6-11H,2,5,12H2,1H3. The van der Waals surface area contributed by atoms with E-state index in [-0.39, 0.29) is 12.4 Å². The SMILES string of the molecule is CCCc1cc(=O)oc2cc(OC(=O)COc3ccccc3Cl)ccc12. The monoisotopic (exact) mass is 372 g/mol. The number of aryl methyl sites for hydroxylation is 1. The molecule has 0 radical (unpaired) electrons. The van der Waals surface area contributed by atoms with Gasteiger partial charge in [0.1, 0.15) is 17.1 Å². The maximum atomic E-state index is 12.0. The van der Waals surface area contributed by atoms with E-state index in [1.165, 1.54) is 12.1 Å². The fourth-order valence-corrected chi connectivity index (χ4v) is 2.80. The predicted octanol–water partition coefficient (Wildman–Crippen LogP) is 4.38. The predicted molar refractivity (Wildman–Crippen MR) is 99.1 cm³/mol. The number of hydrogen-bond acceptors (Lipinski definition) is 5. The molecule has 0 unspecified atom stereocenters. The molecule has 0 aliphatic rings. The van der Waals surface area contributed by atoms with Crippen LogP contribution in [0, 0.1) is 0 Å². The van der Waals surface area contributed by atoms with Crippen LogP contribution in [-0.4, -0.2) is 12.6 Å². The Kier molecular flexibility index (Phi) is 5.58. The fourth-order valence-electron chi connectivity index (χ4n) is 2.61. The summed E-state index contributed by atoms with van der Waals surface area (Å²) in [6.07, 6.45) is 1.68. The first-order valence-electron chi connectivity index (χ1n) is 8.21. The number of rotatable bonds is 6. The molecule has 0 spiro atoms. The van der Waals surface area contributed by atoms with Crippen LogP contribution in [0.3, 0.4) is 0 Å². The van der Waals surface area contributed by atoms with E-state index in [9.17, 15) is 9.59 Å². The molecule has 2 aromatic carbocycles. The summed E-state index contributed by atoms with van der Waals surface area (Å²) in [5, 5.41) is 1.25. The highest BCUT2D eigenvalue weighted by Crippen LogP contribution is 2.25. The fraction of sp³-hybridized carbons (Fsp3) is 0.200. The van der Waals surface area contributed by atoms with Crippen LogP contribution < -0.4 is 15.1 Å². The number of hydrogen-bond donors (Lipinski definition) is 0. The van der Waals surface area contributed by atoms with Gasteiger partial charge >= 0.3 is 11.6 Å². The van der Waals surface area contributed by atoms with Crippen LogP contribution in [0.15, 0.2) is 57.7 Å². The van der Waals surface area contributed by atoms with Gasteiger partial charge in [0.25, 0.3) is 0 Å². The zero-order valence-corrected chi connectivity index (χ0v) is 14.9. The average molecular weight is 373 g/mol. The van der Waals surface area contributed by atoms with Crippen LogP contribution in [0.2, 0.25) is 5.02 Å². The Bertz CT molecular complexity index is 993. The van der Waals surface area contributed by atoms with E-state index in [4.69, 9.17) is 25.5 Å². The first-order chi connectivity index (χ1) is 12.6. The lowest BCUT2D eigenvalue weighted by Crippen LogP contribution is -2.17. The van der Waals surface area contributed by atoms with E-state index in [0.717, 1.165) is 23.8 Å². The van der Waals surface area contributed by atoms with Crippen molar-refractivity contribution in [3.8, 4) is 11.5 Å². The third-order valence-corrected chi connectivity index (χ3v) is 4.05. The zero-order valence-electron chi connectivity index (χ0n) is 14.2. The Morgan fingerprint density at radius 2 is 1.96 bits per heavy atom. The molecule has 0 saturated carbocycles. The highest BCUT2D eigenvalue weighted by atomic mass is 35.5. The van der Waals surface area contributed by atoms with Crippen molar-refractivity contribution < 1.29 is 18.7 Å². The molecule has 1 heterocycles.